The molecule has 2 aromatic rings. The van der Waals surface area contributed by atoms with Crippen LogP contribution in [0.3, 0.4) is 0 Å². The molecule has 0 N–H and O–H groups in total. The molecule has 0 saturated carbocycles. The van der Waals surface area contributed by atoms with Gasteiger partial charge in [0.1, 0.15) is 0 Å². The van der Waals surface area contributed by atoms with Crippen molar-refractivity contribution in [1.29, 1.82) is 0 Å². The highest BCUT2D eigenvalue weighted by Crippen LogP contribution is 2.50. The Morgan fingerprint density at radius 2 is 1.27 bits per heavy atom. The van der Waals surface area contributed by atoms with Crippen molar-refractivity contribution < 1.29 is 26.0 Å². The summed E-state index contributed by atoms with van der Waals surface area (Å²) in [6, 6.07) is -7.92. The quantitative estimate of drug-likeness (QED) is 0.564. The fraction of sp³-hybridized carbons (Fsp3) is 0.455. The summed E-state index contributed by atoms with van der Waals surface area (Å²) in [6.45, 7) is -10.9. The van der Waals surface area contributed by atoms with Gasteiger partial charge >= 0.3 is 0 Å². The van der Waals surface area contributed by atoms with Crippen molar-refractivity contribution >= 4 is 0 Å². The van der Waals surface area contributed by atoms with Crippen molar-refractivity contribution in [3.63, 3.8) is 0 Å². The second kappa shape index (κ2) is 4.47. The van der Waals surface area contributed by atoms with Crippen molar-refractivity contribution in [2.45, 2.75) is 64.4 Å². The highest BCUT2D eigenvalue weighted by Gasteiger charge is 2.41. The van der Waals surface area contributed by atoms with E-state index < -0.39 is 108 Å². The van der Waals surface area contributed by atoms with E-state index in [0.717, 1.165) is 0 Å². The second-order valence-electron chi connectivity index (χ2n) is 6.50. The van der Waals surface area contributed by atoms with E-state index >= 15 is 0 Å². The number of hydrogen-bond acceptors (Lipinski definition) is 0. The summed E-state index contributed by atoms with van der Waals surface area (Å²) >= 11 is 0. The molecule has 3 rings (SSSR count). The standard InChI is InChI=1S/C22H28/c1-20(2,3)15-12-13-18-19(14-15)22(6,7)17-11-9-8-10-16(17)21(18,4)5/h8-14H,1-7H3/i4D3,5D3,6D3,7D3,8D,9D,10D,11D,12D,13D,14D. The van der Waals surface area contributed by atoms with Gasteiger partial charge in [0.05, 0.1) is 9.60 Å². The number of rotatable bonds is 0. The molecule has 0 aliphatic heterocycles. The molecular formula is C22H28. The monoisotopic (exact) mass is 311 g/mol. The maximum absolute atomic E-state index is 9.12. The van der Waals surface area contributed by atoms with Crippen molar-refractivity contribution in [2.75, 3.05) is 0 Å². The molecule has 0 fully saturated rings. The maximum atomic E-state index is 9.12. The maximum Gasteiger partial charge on any atom is 0.0629 e. The molecule has 0 heteroatoms. The van der Waals surface area contributed by atoms with E-state index in [2.05, 4.69) is 0 Å². The Morgan fingerprint density at radius 1 is 0.773 bits per heavy atom. The van der Waals surface area contributed by atoms with Gasteiger partial charge < -0.3 is 0 Å². The van der Waals surface area contributed by atoms with E-state index in [4.69, 9.17) is 26.0 Å². The number of hydrogen-bond donors (Lipinski definition) is 0. The number of benzene rings is 2. The van der Waals surface area contributed by atoms with E-state index in [-0.39, 0.29) is 5.56 Å². The average molecular weight is 312 g/mol. The molecule has 0 spiro atoms. The van der Waals surface area contributed by atoms with Gasteiger partial charge in [-0.3, -0.25) is 0 Å². The molecule has 0 unspecified atom stereocenters. The van der Waals surface area contributed by atoms with Crippen LogP contribution < -0.4 is 0 Å². The summed E-state index contributed by atoms with van der Waals surface area (Å²) in [5, 5.41) is 0. The van der Waals surface area contributed by atoms with Crippen LogP contribution in [0.25, 0.3) is 0 Å². The third-order valence-electron chi connectivity index (χ3n) is 3.75. The first kappa shape index (κ1) is 4.50. The first-order valence-corrected chi connectivity index (χ1v) is 6.75. The van der Waals surface area contributed by atoms with Gasteiger partial charge in [0, 0.05) is 27.3 Å². The largest absolute Gasteiger partial charge is 0.0629 e. The minimum absolute atomic E-state index is 0.367. The van der Waals surface area contributed by atoms with Gasteiger partial charge in [-0.05, 0) is 33.2 Å². The van der Waals surface area contributed by atoms with Crippen LogP contribution in [0.2, 0.25) is 0 Å². The molecule has 116 valence electrons. The van der Waals surface area contributed by atoms with Crippen LogP contribution in [0.4, 0.5) is 0 Å². The third-order valence-corrected chi connectivity index (χ3v) is 3.75. The predicted octanol–water partition coefficient (Wildman–Crippen LogP) is 5.95. The third kappa shape index (κ3) is 2.04. The Hall–Kier alpha value is -1.56. The average Bonchev–Trinajstić information content (AvgIpc) is 2.73. The molecule has 0 aromatic heterocycles. The molecule has 0 bridgehead atoms. The topological polar surface area (TPSA) is 0 Å². The number of fused-ring (bicyclic) bond motifs is 2. The lowest BCUT2D eigenvalue weighted by Crippen LogP contribution is -2.36. The SMILES string of the molecule is [2H]c1c([2H])c([2H])c2c(c1[2H])C(C([2H])([2H])[2H])(C([2H])([2H])[2H])c1c([2H])c([2H])c(C(C)(C)C)c([2H])c1C2(C([2H])([2H])[2H])C([2H])([2H])[2H]. The van der Waals surface area contributed by atoms with E-state index in [1.807, 2.05) is 0 Å². The Labute approximate surface area is 162 Å². The normalized spacial score (nSPS) is 33.3. The lowest BCUT2D eigenvalue weighted by molar-refractivity contribution is 0.514. The zero-order valence-corrected chi connectivity index (χ0v) is 12.5. The van der Waals surface area contributed by atoms with Crippen LogP contribution >= 0.6 is 0 Å². The van der Waals surface area contributed by atoms with Gasteiger partial charge in [0.2, 0.25) is 0 Å². The fourth-order valence-corrected chi connectivity index (χ4v) is 2.47. The fourth-order valence-electron chi connectivity index (χ4n) is 2.47. The van der Waals surface area contributed by atoms with Crippen LogP contribution in [0.15, 0.2) is 42.3 Å². The van der Waals surface area contributed by atoms with Crippen LogP contribution in [0.1, 0.15) is 102 Å². The predicted molar refractivity (Wildman–Crippen MR) is 95.8 cm³/mol. The van der Waals surface area contributed by atoms with Crippen molar-refractivity contribution in [3.05, 3.63) is 70.1 Å². The molecule has 0 amide bonds. The van der Waals surface area contributed by atoms with Gasteiger partial charge in [-0.15, -0.1) is 0 Å². The molecule has 2 aromatic carbocycles. The zero-order chi connectivity index (χ0) is 32.4. The van der Waals surface area contributed by atoms with E-state index in [0.29, 0.717) is 0 Å². The van der Waals surface area contributed by atoms with Gasteiger partial charge in [0.25, 0.3) is 0 Å². The Bertz CT molecular complexity index is 1400. The summed E-state index contributed by atoms with van der Waals surface area (Å²) in [5.74, 6) is 0. The van der Waals surface area contributed by atoms with Crippen molar-refractivity contribution in [1.82, 2.24) is 0 Å². The molecule has 1 aliphatic rings. The summed E-state index contributed by atoms with van der Waals surface area (Å²) in [5.41, 5.74) is -13.9. The molecule has 22 heavy (non-hydrogen) atoms. The first-order valence-electron chi connectivity index (χ1n) is 16.2. The lowest BCUT2D eigenvalue weighted by atomic mass is 9.59. The molecule has 0 atom stereocenters. The highest BCUT2D eigenvalue weighted by atomic mass is 14.4. The van der Waals surface area contributed by atoms with E-state index in [1.165, 1.54) is 20.8 Å². The van der Waals surface area contributed by atoms with Crippen LogP contribution in [-0.4, -0.2) is 0 Å². The summed E-state index contributed by atoms with van der Waals surface area (Å²) < 4.78 is 163. The minimum Gasteiger partial charge on any atom is -0.0619 e. The zero-order valence-electron chi connectivity index (χ0n) is 31.5. The Balaban J connectivity index is 3.14. The van der Waals surface area contributed by atoms with E-state index in [1.54, 1.807) is 0 Å². The highest BCUT2D eigenvalue weighted by molar-refractivity contribution is 5.59. The Morgan fingerprint density at radius 3 is 1.77 bits per heavy atom. The Kier molecular flexibility index (Phi) is 0.915. The van der Waals surface area contributed by atoms with Gasteiger partial charge in [-0.1, -0.05) is 90.5 Å². The smallest absolute Gasteiger partial charge is 0.0619 e. The summed E-state index contributed by atoms with van der Waals surface area (Å²) in [4.78, 5) is 0. The van der Waals surface area contributed by atoms with Gasteiger partial charge in [-0.2, -0.15) is 0 Å². The van der Waals surface area contributed by atoms with Crippen LogP contribution in [-0.2, 0) is 16.2 Å². The first-order chi connectivity index (χ1) is 18.0. The van der Waals surface area contributed by atoms with E-state index in [9.17, 15) is 0 Å². The molecule has 1 aliphatic carbocycles. The minimum atomic E-state index is -3.84. The lowest BCUT2D eigenvalue weighted by Gasteiger charge is -2.44. The molecule has 0 saturated heterocycles. The molecule has 0 heterocycles. The summed E-state index contributed by atoms with van der Waals surface area (Å²) in [6.07, 6.45) is 0. The molecule has 0 nitrogen and oxygen atoms in total. The summed E-state index contributed by atoms with van der Waals surface area (Å²) in [7, 11) is 0. The van der Waals surface area contributed by atoms with Gasteiger partial charge in [-0.25, -0.2) is 0 Å². The molecular weight excluding hydrogens is 264 g/mol. The van der Waals surface area contributed by atoms with Crippen LogP contribution in [0, 0.1) is 0 Å². The molecule has 0 radical (unpaired) electrons. The van der Waals surface area contributed by atoms with Gasteiger partial charge in [0.15, 0.2) is 0 Å². The van der Waals surface area contributed by atoms with Crippen molar-refractivity contribution in [2.24, 2.45) is 0 Å². The van der Waals surface area contributed by atoms with Crippen LogP contribution in [0.5, 0.6) is 0 Å². The van der Waals surface area contributed by atoms with Crippen molar-refractivity contribution in [3.8, 4) is 0 Å². The second-order valence-corrected chi connectivity index (χ2v) is 6.50.